The van der Waals surface area contributed by atoms with Crippen LogP contribution < -0.4 is 5.32 Å². The molecule has 15 heavy (non-hydrogen) atoms. The van der Waals surface area contributed by atoms with Crippen LogP contribution >= 0.6 is 0 Å². The zero-order valence-electron chi connectivity index (χ0n) is 7.53. The maximum atomic E-state index is 13.1. The molecule has 1 amide bonds. The van der Waals surface area contributed by atoms with Crippen LogP contribution in [0.1, 0.15) is 10.4 Å². The normalized spacial score (nSPS) is 9.73. The number of carboxylic acid groups (broad SMARTS) is 1. The molecule has 0 saturated heterocycles. The van der Waals surface area contributed by atoms with Gasteiger partial charge in [-0.15, -0.1) is 0 Å². The molecule has 0 aromatic heterocycles. The Hall–Kier alpha value is -1.95. The van der Waals surface area contributed by atoms with E-state index in [2.05, 4.69) is 5.32 Å². The molecule has 1 aromatic rings. The van der Waals surface area contributed by atoms with Gasteiger partial charge in [0.05, 0.1) is 5.69 Å². The SMILES string of the molecule is O=C(CO)Nc1cccc(F)c1C(=O)O. The smallest absolute Gasteiger partial charge is 0.340 e. The van der Waals surface area contributed by atoms with Crippen LogP contribution in [-0.4, -0.2) is 28.7 Å². The topological polar surface area (TPSA) is 86.6 Å². The van der Waals surface area contributed by atoms with Crippen molar-refractivity contribution in [3.8, 4) is 0 Å². The van der Waals surface area contributed by atoms with Gasteiger partial charge < -0.3 is 15.5 Å². The summed E-state index contributed by atoms with van der Waals surface area (Å²) in [6.07, 6.45) is 0. The van der Waals surface area contributed by atoms with E-state index in [4.69, 9.17) is 10.2 Å². The summed E-state index contributed by atoms with van der Waals surface area (Å²) in [5.41, 5.74) is -0.805. The fraction of sp³-hybridized carbons (Fsp3) is 0.111. The first kappa shape index (κ1) is 11.1. The van der Waals surface area contributed by atoms with Gasteiger partial charge in [0.25, 0.3) is 0 Å². The van der Waals surface area contributed by atoms with Gasteiger partial charge in [0, 0.05) is 0 Å². The van der Waals surface area contributed by atoms with Crippen molar-refractivity contribution in [2.24, 2.45) is 0 Å². The van der Waals surface area contributed by atoms with Gasteiger partial charge in [0.2, 0.25) is 5.91 Å². The number of nitrogens with one attached hydrogen (secondary N) is 1. The summed E-state index contributed by atoms with van der Waals surface area (Å²) in [5.74, 6) is -3.23. The first-order valence-electron chi connectivity index (χ1n) is 3.98. The van der Waals surface area contributed by atoms with Gasteiger partial charge >= 0.3 is 5.97 Å². The molecular formula is C9H8FNO4. The molecule has 0 radical (unpaired) electrons. The molecule has 5 nitrogen and oxygen atoms in total. The Bertz CT molecular complexity index is 405. The van der Waals surface area contributed by atoms with Crippen molar-refractivity contribution in [2.45, 2.75) is 0 Å². The van der Waals surface area contributed by atoms with Crippen LogP contribution in [0.4, 0.5) is 10.1 Å². The second kappa shape index (κ2) is 4.52. The Balaban J connectivity index is 3.11. The van der Waals surface area contributed by atoms with Gasteiger partial charge in [-0.2, -0.15) is 0 Å². The lowest BCUT2D eigenvalue weighted by Gasteiger charge is -2.07. The number of anilines is 1. The number of benzene rings is 1. The molecule has 0 heterocycles. The van der Waals surface area contributed by atoms with Gasteiger partial charge in [-0.1, -0.05) is 6.07 Å². The average molecular weight is 213 g/mol. The van der Waals surface area contributed by atoms with Crippen molar-refractivity contribution in [3.63, 3.8) is 0 Å². The number of carboxylic acids is 1. The Morgan fingerprint density at radius 1 is 1.40 bits per heavy atom. The highest BCUT2D eigenvalue weighted by Gasteiger charge is 2.16. The minimum Gasteiger partial charge on any atom is -0.478 e. The standard InChI is InChI=1S/C9H8FNO4/c10-5-2-1-3-6(8(5)9(14)15)11-7(13)4-12/h1-3,12H,4H2,(H,11,13)(H,14,15). The van der Waals surface area contributed by atoms with Gasteiger partial charge in [-0.25, -0.2) is 9.18 Å². The van der Waals surface area contributed by atoms with Crippen LogP contribution in [0.2, 0.25) is 0 Å². The Labute approximate surface area is 84.2 Å². The maximum Gasteiger partial charge on any atom is 0.340 e. The predicted octanol–water partition coefficient (Wildman–Crippen LogP) is 0.455. The Morgan fingerprint density at radius 3 is 2.60 bits per heavy atom. The van der Waals surface area contributed by atoms with E-state index >= 15 is 0 Å². The number of rotatable bonds is 3. The minimum absolute atomic E-state index is 0.179. The molecule has 80 valence electrons. The number of halogens is 1. The van der Waals surface area contributed by atoms with E-state index in [-0.39, 0.29) is 5.69 Å². The summed E-state index contributed by atoms with van der Waals surface area (Å²) >= 11 is 0. The van der Waals surface area contributed by atoms with Crippen LogP contribution in [0.5, 0.6) is 0 Å². The summed E-state index contributed by atoms with van der Waals surface area (Å²) in [7, 11) is 0. The summed E-state index contributed by atoms with van der Waals surface area (Å²) in [6, 6.07) is 3.47. The minimum atomic E-state index is -1.48. The molecule has 0 aliphatic carbocycles. The van der Waals surface area contributed by atoms with E-state index in [0.717, 1.165) is 6.07 Å². The zero-order chi connectivity index (χ0) is 11.4. The molecule has 3 N–H and O–H groups in total. The highest BCUT2D eigenvalue weighted by molar-refractivity contribution is 6.00. The number of carbonyl (C=O) groups is 2. The van der Waals surface area contributed by atoms with Crippen molar-refractivity contribution in [3.05, 3.63) is 29.6 Å². The van der Waals surface area contributed by atoms with Gasteiger partial charge in [-0.3, -0.25) is 4.79 Å². The van der Waals surface area contributed by atoms with Crippen molar-refractivity contribution in [1.29, 1.82) is 0 Å². The van der Waals surface area contributed by atoms with Gasteiger partial charge in [-0.05, 0) is 12.1 Å². The number of aliphatic hydroxyl groups excluding tert-OH is 1. The fourth-order valence-corrected chi connectivity index (χ4v) is 1.04. The average Bonchev–Trinajstić information content (AvgIpc) is 2.17. The van der Waals surface area contributed by atoms with E-state index in [1.54, 1.807) is 0 Å². The molecule has 0 bridgehead atoms. The number of hydrogen-bond donors (Lipinski definition) is 3. The lowest BCUT2D eigenvalue weighted by Crippen LogP contribution is -2.18. The fourth-order valence-electron chi connectivity index (χ4n) is 1.04. The Kier molecular flexibility index (Phi) is 3.35. The molecule has 1 rings (SSSR count). The van der Waals surface area contributed by atoms with Gasteiger partial charge in [0.1, 0.15) is 18.0 Å². The third-order valence-corrected chi connectivity index (χ3v) is 1.65. The molecule has 0 saturated carbocycles. The summed E-state index contributed by atoms with van der Waals surface area (Å²) in [5, 5.41) is 19.2. The predicted molar refractivity (Wildman–Crippen MR) is 49.1 cm³/mol. The van der Waals surface area contributed by atoms with Crippen molar-refractivity contribution < 1.29 is 24.2 Å². The van der Waals surface area contributed by atoms with E-state index in [1.807, 2.05) is 0 Å². The van der Waals surface area contributed by atoms with Crippen molar-refractivity contribution in [1.82, 2.24) is 0 Å². The van der Waals surface area contributed by atoms with Crippen LogP contribution in [0.25, 0.3) is 0 Å². The number of carbonyl (C=O) groups excluding carboxylic acids is 1. The Morgan fingerprint density at radius 2 is 2.07 bits per heavy atom. The van der Waals surface area contributed by atoms with E-state index in [1.165, 1.54) is 12.1 Å². The molecular weight excluding hydrogens is 205 g/mol. The largest absolute Gasteiger partial charge is 0.478 e. The first-order chi connectivity index (χ1) is 7.06. The second-order valence-electron chi connectivity index (χ2n) is 2.67. The molecule has 0 aliphatic heterocycles. The number of hydrogen-bond acceptors (Lipinski definition) is 3. The number of aliphatic hydroxyl groups is 1. The highest BCUT2D eigenvalue weighted by Crippen LogP contribution is 2.18. The maximum absolute atomic E-state index is 13.1. The third kappa shape index (κ3) is 2.50. The van der Waals surface area contributed by atoms with Crippen molar-refractivity contribution in [2.75, 3.05) is 11.9 Å². The van der Waals surface area contributed by atoms with Crippen LogP contribution in [0, 0.1) is 5.82 Å². The highest BCUT2D eigenvalue weighted by atomic mass is 19.1. The van der Waals surface area contributed by atoms with Crippen molar-refractivity contribution >= 4 is 17.6 Å². The summed E-state index contributed by atoms with van der Waals surface area (Å²) in [6.45, 7) is -0.796. The number of amides is 1. The van der Waals surface area contributed by atoms with Crippen LogP contribution in [-0.2, 0) is 4.79 Å². The van der Waals surface area contributed by atoms with Gasteiger partial charge in [0.15, 0.2) is 0 Å². The zero-order valence-corrected chi connectivity index (χ0v) is 7.53. The lowest BCUT2D eigenvalue weighted by molar-refractivity contribution is -0.118. The summed E-state index contributed by atoms with van der Waals surface area (Å²) in [4.78, 5) is 21.4. The first-order valence-corrected chi connectivity index (χ1v) is 3.98. The molecule has 0 aliphatic rings. The monoisotopic (exact) mass is 213 g/mol. The molecule has 0 atom stereocenters. The quantitative estimate of drug-likeness (QED) is 0.680. The molecule has 1 aromatic carbocycles. The number of aromatic carboxylic acids is 1. The van der Waals surface area contributed by atoms with E-state index < -0.39 is 29.9 Å². The van der Waals surface area contributed by atoms with E-state index in [0.29, 0.717) is 0 Å². The lowest BCUT2D eigenvalue weighted by atomic mass is 10.1. The van der Waals surface area contributed by atoms with Crippen LogP contribution in [0.3, 0.4) is 0 Å². The van der Waals surface area contributed by atoms with Crippen LogP contribution in [0.15, 0.2) is 18.2 Å². The molecule has 0 spiro atoms. The summed E-state index contributed by atoms with van der Waals surface area (Å²) < 4.78 is 13.1. The third-order valence-electron chi connectivity index (χ3n) is 1.65. The molecule has 6 heteroatoms. The second-order valence-corrected chi connectivity index (χ2v) is 2.67. The molecule has 0 unspecified atom stereocenters. The van der Waals surface area contributed by atoms with E-state index in [9.17, 15) is 14.0 Å². The molecule has 0 fully saturated rings.